The van der Waals surface area contributed by atoms with Gasteiger partial charge >= 0.3 is 0 Å². The smallest absolute Gasteiger partial charge is 0.265 e. The standard InChI is InChI=1S/C14H16N4OS/c1-10-9-18(7-6-16-10)14(19)12-8-17-13(20-12)11-2-4-15-5-3-11/h2-5,8,10,16H,6-7,9H2,1H3. The summed E-state index contributed by atoms with van der Waals surface area (Å²) in [4.78, 5) is 23.4. The van der Waals surface area contributed by atoms with Crippen LogP contribution in [0.4, 0.5) is 0 Å². The number of rotatable bonds is 2. The van der Waals surface area contributed by atoms with Gasteiger partial charge in [-0.25, -0.2) is 4.98 Å². The minimum atomic E-state index is 0.0798. The molecule has 1 amide bonds. The number of thiazole rings is 1. The Balaban J connectivity index is 1.78. The number of hydrogen-bond acceptors (Lipinski definition) is 5. The molecule has 0 aromatic carbocycles. The summed E-state index contributed by atoms with van der Waals surface area (Å²) in [6.45, 7) is 4.45. The number of carbonyl (C=O) groups excluding carboxylic acids is 1. The van der Waals surface area contributed by atoms with E-state index in [0.29, 0.717) is 10.9 Å². The van der Waals surface area contributed by atoms with E-state index in [2.05, 4.69) is 22.2 Å². The van der Waals surface area contributed by atoms with Gasteiger partial charge in [-0.05, 0) is 19.1 Å². The van der Waals surface area contributed by atoms with Crippen LogP contribution in [-0.2, 0) is 0 Å². The highest BCUT2D eigenvalue weighted by molar-refractivity contribution is 7.16. The summed E-state index contributed by atoms with van der Waals surface area (Å²) in [5.41, 5.74) is 0.998. The van der Waals surface area contributed by atoms with E-state index in [9.17, 15) is 4.79 Å². The lowest BCUT2D eigenvalue weighted by atomic mass is 10.2. The van der Waals surface area contributed by atoms with E-state index in [1.165, 1.54) is 11.3 Å². The van der Waals surface area contributed by atoms with Crippen LogP contribution in [0.1, 0.15) is 16.6 Å². The Labute approximate surface area is 121 Å². The van der Waals surface area contributed by atoms with Gasteiger partial charge < -0.3 is 10.2 Å². The molecule has 0 aliphatic carbocycles. The third-order valence-electron chi connectivity index (χ3n) is 3.30. The maximum atomic E-state index is 12.4. The third-order valence-corrected chi connectivity index (χ3v) is 4.33. The second kappa shape index (κ2) is 5.68. The normalized spacial score (nSPS) is 19.1. The Hall–Kier alpha value is -1.79. The van der Waals surface area contributed by atoms with Crippen molar-refractivity contribution in [3.05, 3.63) is 35.6 Å². The van der Waals surface area contributed by atoms with E-state index in [4.69, 9.17) is 0 Å². The van der Waals surface area contributed by atoms with Crippen LogP contribution >= 0.6 is 11.3 Å². The van der Waals surface area contributed by atoms with Crippen LogP contribution in [0.3, 0.4) is 0 Å². The lowest BCUT2D eigenvalue weighted by molar-refractivity contribution is 0.0714. The number of amides is 1. The highest BCUT2D eigenvalue weighted by Crippen LogP contribution is 2.25. The first-order valence-corrected chi connectivity index (χ1v) is 7.44. The molecule has 6 heteroatoms. The van der Waals surface area contributed by atoms with Gasteiger partial charge in [0.2, 0.25) is 0 Å². The zero-order valence-corrected chi connectivity index (χ0v) is 12.1. The van der Waals surface area contributed by atoms with Crippen LogP contribution in [0.25, 0.3) is 10.6 Å². The third kappa shape index (κ3) is 2.71. The van der Waals surface area contributed by atoms with Gasteiger partial charge in [0, 0.05) is 43.6 Å². The number of aromatic nitrogens is 2. The van der Waals surface area contributed by atoms with Gasteiger partial charge in [-0.3, -0.25) is 9.78 Å². The highest BCUT2D eigenvalue weighted by Gasteiger charge is 2.23. The Bertz CT molecular complexity index is 598. The van der Waals surface area contributed by atoms with E-state index in [1.807, 2.05) is 17.0 Å². The van der Waals surface area contributed by atoms with Crippen LogP contribution in [0.15, 0.2) is 30.7 Å². The van der Waals surface area contributed by atoms with Crippen LogP contribution in [0.2, 0.25) is 0 Å². The molecule has 3 heterocycles. The molecule has 1 aliphatic rings. The summed E-state index contributed by atoms with van der Waals surface area (Å²) in [5.74, 6) is 0.0798. The van der Waals surface area contributed by atoms with Gasteiger partial charge in [-0.15, -0.1) is 11.3 Å². The fraction of sp³-hybridized carbons (Fsp3) is 0.357. The molecule has 1 atom stereocenters. The summed E-state index contributed by atoms with van der Waals surface area (Å²) in [5, 5.41) is 4.20. The first-order chi connectivity index (χ1) is 9.74. The Kier molecular flexibility index (Phi) is 3.75. The fourth-order valence-electron chi connectivity index (χ4n) is 2.27. The molecule has 0 spiro atoms. The molecular formula is C14H16N4OS. The summed E-state index contributed by atoms with van der Waals surface area (Å²) >= 11 is 1.44. The monoisotopic (exact) mass is 288 g/mol. The number of nitrogens with zero attached hydrogens (tertiary/aromatic N) is 3. The van der Waals surface area contributed by atoms with Crippen molar-refractivity contribution in [2.75, 3.05) is 19.6 Å². The molecule has 0 radical (unpaired) electrons. The lowest BCUT2D eigenvalue weighted by Gasteiger charge is -2.31. The zero-order valence-electron chi connectivity index (χ0n) is 11.2. The average molecular weight is 288 g/mol. The molecular weight excluding hydrogens is 272 g/mol. The molecule has 1 N–H and O–H groups in total. The molecule has 5 nitrogen and oxygen atoms in total. The number of piperazine rings is 1. The van der Waals surface area contributed by atoms with E-state index in [-0.39, 0.29) is 5.91 Å². The highest BCUT2D eigenvalue weighted by atomic mass is 32.1. The van der Waals surface area contributed by atoms with E-state index in [1.54, 1.807) is 18.6 Å². The van der Waals surface area contributed by atoms with E-state index in [0.717, 1.165) is 30.2 Å². The summed E-state index contributed by atoms with van der Waals surface area (Å²) < 4.78 is 0. The minimum Gasteiger partial charge on any atom is -0.335 e. The number of pyridine rings is 1. The van der Waals surface area contributed by atoms with Crippen LogP contribution in [-0.4, -0.2) is 46.5 Å². The summed E-state index contributed by atoms with van der Waals surface area (Å²) in [6, 6.07) is 4.15. The number of hydrogen-bond donors (Lipinski definition) is 1. The van der Waals surface area contributed by atoms with Crippen molar-refractivity contribution in [3.63, 3.8) is 0 Å². The molecule has 0 bridgehead atoms. The van der Waals surface area contributed by atoms with Crippen molar-refractivity contribution < 1.29 is 4.79 Å². The Morgan fingerprint density at radius 1 is 1.45 bits per heavy atom. The maximum Gasteiger partial charge on any atom is 0.265 e. The molecule has 20 heavy (non-hydrogen) atoms. The van der Waals surface area contributed by atoms with E-state index < -0.39 is 0 Å². The predicted molar refractivity (Wildman–Crippen MR) is 78.7 cm³/mol. The fourth-order valence-corrected chi connectivity index (χ4v) is 3.16. The summed E-state index contributed by atoms with van der Waals surface area (Å²) in [6.07, 6.45) is 5.14. The molecule has 0 saturated carbocycles. The van der Waals surface area contributed by atoms with Gasteiger partial charge in [0.1, 0.15) is 9.88 Å². The Morgan fingerprint density at radius 3 is 3.00 bits per heavy atom. The average Bonchev–Trinajstić information content (AvgIpc) is 2.97. The Morgan fingerprint density at radius 2 is 2.25 bits per heavy atom. The van der Waals surface area contributed by atoms with Crippen LogP contribution in [0.5, 0.6) is 0 Å². The largest absolute Gasteiger partial charge is 0.335 e. The van der Waals surface area contributed by atoms with Crippen molar-refractivity contribution in [1.29, 1.82) is 0 Å². The van der Waals surface area contributed by atoms with Gasteiger partial charge in [0.25, 0.3) is 5.91 Å². The molecule has 1 fully saturated rings. The molecule has 104 valence electrons. The molecule has 1 saturated heterocycles. The molecule has 2 aromatic heterocycles. The second-order valence-electron chi connectivity index (χ2n) is 4.87. The minimum absolute atomic E-state index is 0.0798. The topological polar surface area (TPSA) is 58.1 Å². The van der Waals surface area contributed by atoms with Crippen molar-refractivity contribution in [1.82, 2.24) is 20.2 Å². The predicted octanol–water partition coefficient (Wildman–Crippen LogP) is 1.64. The van der Waals surface area contributed by atoms with Crippen molar-refractivity contribution in [3.8, 4) is 10.6 Å². The van der Waals surface area contributed by atoms with Gasteiger partial charge in [0.05, 0.1) is 6.20 Å². The second-order valence-corrected chi connectivity index (χ2v) is 5.90. The molecule has 3 rings (SSSR count). The first kappa shape index (κ1) is 13.2. The molecule has 1 aliphatic heterocycles. The van der Waals surface area contributed by atoms with Crippen molar-refractivity contribution in [2.24, 2.45) is 0 Å². The van der Waals surface area contributed by atoms with E-state index >= 15 is 0 Å². The lowest BCUT2D eigenvalue weighted by Crippen LogP contribution is -2.51. The SMILES string of the molecule is CC1CN(C(=O)c2cnc(-c3ccncc3)s2)CCN1. The van der Waals surface area contributed by atoms with Crippen LogP contribution < -0.4 is 5.32 Å². The summed E-state index contributed by atoms with van der Waals surface area (Å²) in [7, 11) is 0. The first-order valence-electron chi connectivity index (χ1n) is 6.63. The van der Waals surface area contributed by atoms with Gasteiger partial charge in [-0.2, -0.15) is 0 Å². The van der Waals surface area contributed by atoms with Crippen molar-refractivity contribution in [2.45, 2.75) is 13.0 Å². The van der Waals surface area contributed by atoms with Gasteiger partial charge in [-0.1, -0.05) is 0 Å². The van der Waals surface area contributed by atoms with Crippen LogP contribution in [0, 0.1) is 0 Å². The molecule has 2 aromatic rings. The van der Waals surface area contributed by atoms with Gasteiger partial charge in [0.15, 0.2) is 0 Å². The zero-order chi connectivity index (χ0) is 13.9. The quantitative estimate of drug-likeness (QED) is 0.912. The maximum absolute atomic E-state index is 12.4. The van der Waals surface area contributed by atoms with Crippen molar-refractivity contribution >= 4 is 17.2 Å². The molecule has 1 unspecified atom stereocenters. The number of nitrogens with one attached hydrogen (secondary N) is 1. The number of carbonyl (C=O) groups is 1.